The van der Waals surface area contributed by atoms with Crippen LogP contribution < -0.4 is 10.2 Å². The molecule has 0 aliphatic carbocycles. The van der Waals surface area contributed by atoms with Crippen molar-refractivity contribution in [2.75, 3.05) is 18.5 Å². The normalized spacial score (nSPS) is 14.3. The number of pyridine rings is 1. The van der Waals surface area contributed by atoms with E-state index in [1.54, 1.807) is 4.90 Å². The quantitative estimate of drug-likeness (QED) is 0.744. The van der Waals surface area contributed by atoms with Crippen molar-refractivity contribution in [1.29, 1.82) is 0 Å². The Balaban J connectivity index is 1.96. The smallest absolute Gasteiger partial charge is 0.227 e. The third-order valence-electron chi connectivity index (χ3n) is 4.84. The second-order valence-corrected chi connectivity index (χ2v) is 7.10. The lowest BCUT2D eigenvalue weighted by atomic mass is 9.95. The molecule has 4 heteroatoms. The second-order valence-electron chi connectivity index (χ2n) is 7.10. The number of benzene rings is 1. The number of hydrogen-bond donors (Lipinski definition) is 1. The lowest BCUT2D eigenvalue weighted by molar-refractivity contribution is -0.118. The number of anilines is 1. The van der Waals surface area contributed by atoms with Crippen molar-refractivity contribution in [1.82, 2.24) is 10.3 Å². The molecule has 0 fully saturated rings. The van der Waals surface area contributed by atoms with E-state index in [2.05, 4.69) is 48.1 Å². The maximum absolute atomic E-state index is 11.9. The topological polar surface area (TPSA) is 45.2 Å². The Bertz CT molecular complexity index is 956. The van der Waals surface area contributed by atoms with E-state index < -0.39 is 0 Å². The Morgan fingerprint density at radius 2 is 2.04 bits per heavy atom. The SMILES string of the molecule is C=C(C)/C=C\C(=C/NCC)c1cncc(-c2ccc3c(c2)CCC(=O)N3C)c1. The van der Waals surface area contributed by atoms with Crippen molar-refractivity contribution in [3.05, 3.63) is 78.3 Å². The van der Waals surface area contributed by atoms with Gasteiger partial charge in [0, 0.05) is 55.4 Å². The monoisotopic (exact) mass is 373 g/mol. The van der Waals surface area contributed by atoms with Gasteiger partial charge >= 0.3 is 0 Å². The molecule has 1 N–H and O–H groups in total. The van der Waals surface area contributed by atoms with E-state index in [1.165, 1.54) is 5.56 Å². The van der Waals surface area contributed by atoms with E-state index in [0.717, 1.165) is 46.5 Å². The molecule has 0 spiro atoms. The summed E-state index contributed by atoms with van der Waals surface area (Å²) in [4.78, 5) is 18.1. The molecule has 28 heavy (non-hydrogen) atoms. The van der Waals surface area contributed by atoms with Crippen LogP contribution >= 0.6 is 0 Å². The maximum atomic E-state index is 11.9. The molecule has 144 valence electrons. The first-order chi connectivity index (χ1) is 13.5. The number of aryl methyl sites for hydroxylation is 1. The van der Waals surface area contributed by atoms with Gasteiger partial charge in [0.15, 0.2) is 0 Å². The fraction of sp³-hybridized carbons (Fsp3) is 0.250. The number of hydrogen-bond acceptors (Lipinski definition) is 3. The standard InChI is InChI=1S/C24H27N3O/c1-5-25-14-20(7-6-17(2)3)22-13-21(15-26-16-22)18-8-10-23-19(12-18)9-11-24(28)27(23)4/h6-8,10,12-16,25H,2,5,9,11H2,1,3-4H3/b7-6-,20-14+. The Morgan fingerprint density at radius 3 is 2.79 bits per heavy atom. The van der Waals surface area contributed by atoms with Crippen LogP contribution in [-0.2, 0) is 11.2 Å². The van der Waals surface area contributed by atoms with Crippen LogP contribution in [0.1, 0.15) is 31.4 Å². The third kappa shape index (κ3) is 4.39. The van der Waals surface area contributed by atoms with Crippen LogP contribution in [0.3, 0.4) is 0 Å². The van der Waals surface area contributed by atoms with E-state index in [1.807, 2.05) is 44.7 Å². The first kappa shape index (κ1) is 19.6. The molecule has 1 aliphatic heterocycles. The summed E-state index contributed by atoms with van der Waals surface area (Å²) < 4.78 is 0. The van der Waals surface area contributed by atoms with Crippen LogP contribution in [0.5, 0.6) is 0 Å². The van der Waals surface area contributed by atoms with Gasteiger partial charge in [-0.15, -0.1) is 0 Å². The lowest BCUT2D eigenvalue weighted by Crippen LogP contribution is -2.30. The fourth-order valence-electron chi connectivity index (χ4n) is 3.26. The number of rotatable bonds is 6. The zero-order valence-electron chi connectivity index (χ0n) is 16.8. The summed E-state index contributed by atoms with van der Waals surface area (Å²) in [5.74, 6) is 0.173. The summed E-state index contributed by atoms with van der Waals surface area (Å²) in [6.45, 7) is 8.84. The van der Waals surface area contributed by atoms with Crippen molar-refractivity contribution in [2.24, 2.45) is 0 Å². The summed E-state index contributed by atoms with van der Waals surface area (Å²) in [6, 6.07) is 8.42. The van der Waals surface area contributed by atoms with E-state index >= 15 is 0 Å². The highest BCUT2D eigenvalue weighted by Crippen LogP contribution is 2.32. The summed E-state index contributed by atoms with van der Waals surface area (Å²) in [5, 5.41) is 3.27. The molecule has 1 aromatic heterocycles. The van der Waals surface area contributed by atoms with Gasteiger partial charge in [-0.05, 0) is 55.2 Å². The van der Waals surface area contributed by atoms with Gasteiger partial charge in [0.1, 0.15) is 0 Å². The zero-order chi connectivity index (χ0) is 20.1. The van der Waals surface area contributed by atoms with Gasteiger partial charge in [0.2, 0.25) is 5.91 Å². The van der Waals surface area contributed by atoms with Gasteiger partial charge in [0.05, 0.1) is 0 Å². The number of nitrogens with zero attached hydrogens (tertiary/aromatic N) is 2. The lowest BCUT2D eigenvalue weighted by Gasteiger charge is -2.26. The molecule has 1 amide bonds. The number of allylic oxidation sites excluding steroid dienone is 4. The van der Waals surface area contributed by atoms with Gasteiger partial charge in [-0.1, -0.05) is 30.4 Å². The highest BCUT2D eigenvalue weighted by atomic mass is 16.2. The van der Waals surface area contributed by atoms with Gasteiger partial charge < -0.3 is 10.2 Å². The van der Waals surface area contributed by atoms with Crippen LogP contribution in [0, 0.1) is 0 Å². The molecular weight excluding hydrogens is 346 g/mol. The Morgan fingerprint density at radius 1 is 1.21 bits per heavy atom. The Hall–Kier alpha value is -3.14. The number of carbonyl (C=O) groups is 1. The molecule has 0 bridgehead atoms. The largest absolute Gasteiger partial charge is 0.391 e. The molecule has 0 saturated heterocycles. The van der Waals surface area contributed by atoms with Crippen LogP contribution in [-0.4, -0.2) is 24.5 Å². The summed E-state index contributed by atoms with van der Waals surface area (Å²) in [7, 11) is 1.84. The van der Waals surface area contributed by atoms with Crippen molar-refractivity contribution in [3.8, 4) is 11.1 Å². The molecule has 0 unspecified atom stereocenters. The molecule has 1 aliphatic rings. The predicted molar refractivity (Wildman–Crippen MR) is 117 cm³/mol. The van der Waals surface area contributed by atoms with Crippen LogP contribution in [0.4, 0.5) is 5.69 Å². The molecule has 0 saturated carbocycles. The number of amides is 1. The minimum Gasteiger partial charge on any atom is -0.391 e. The van der Waals surface area contributed by atoms with Crippen molar-refractivity contribution < 1.29 is 4.79 Å². The Kier molecular flexibility index (Phi) is 6.09. The molecule has 2 aromatic rings. The minimum absolute atomic E-state index is 0.173. The van der Waals surface area contributed by atoms with Crippen LogP contribution in [0.15, 0.2) is 67.2 Å². The van der Waals surface area contributed by atoms with E-state index in [0.29, 0.717) is 6.42 Å². The third-order valence-corrected chi connectivity index (χ3v) is 4.84. The summed E-state index contributed by atoms with van der Waals surface area (Å²) >= 11 is 0. The molecule has 4 nitrogen and oxygen atoms in total. The van der Waals surface area contributed by atoms with Crippen molar-refractivity contribution in [3.63, 3.8) is 0 Å². The molecule has 3 rings (SSSR count). The first-order valence-electron chi connectivity index (χ1n) is 9.62. The summed E-state index contributed by atoms with van der Waals surface area (Å²) in [5.41, 5.74) is 7.48. The van der Waals surface area contributed by atoms with Gasteiger partial charge in [-0.3, -0.25) is 9.78 Å². The number of nitrogens with one attached hydrogen (secondary N) is 1. The van der Waals surface area contributed by atoms with E-state index in [4.69, 9.17) is 0 Å². The number of aromatic nitrogens is 1. The molecule has 0 atom stereocenters. The number of fused-ring (bicyclic) bond motifs is 1. The second kappa shape index (κ2) is 8.70. The van der Waals surface area contributed by atoms with E-state index in [-0.39, 0.29) is 5.91 Å². The Labute approximate surface area is 167 Å². The fourth-order valence-corrected chi connectivity index (χ4v) is 3.26. The maximum Gasteiger partial charge on any atom is 0.227 e. The highest BCUT2D eigenvalue weighted by molar-refractivity contribution is 5.96. The average Bonchev–Trinajstić information content (AvgIpc) is 2.70. The predicted octanol–water partition coefficient (Wildman–Crippen LogP) is 4.74. The zero-order valence-corrected chi connectivity index (χ0v) is 16.8. The summed E-state index contributed by atoms with van der Waals surface area (Å²) in [6.07, 6.45) is 11.2. The minimum atomic E-state index is 0.173. The van der Waals surface area contributed by atoms with E-state index in [9.17, 15) is 4.79 Å². The highest BCUT2D eigenvalue weighted by Gasteiger charge is 2.21. The van der Waals surface area contributed by atoms with Crippen molar-refractivity contribution in [2.45, 2.75) is 26.7 Å². The molecular formula is C24H27N3O. The molecule has 1 aromatic carbocycles. The van der Waals surface area contributed by atoms with Gasteiger partial charge in [-0.2, -0.15) is 0 Å². The first-order valence-corrected chi connectivity index (χ1v) is 9.62. The molecule has 2 heterocycles. The van der Waals surface area contributed by atoms with Crippen LogP contribution in [0.2, 0.25) is 0 Å². The van der Waals surface area contributed by atoms with Gasteiger partial charge in [-0.25, -0.2) is 0 Å². The van der Waals surface area contributed by atoms with Crippen LogP contribution in [0.25, 0.3) is 16.7 Å². The van der Waals surface area contributed by atoms with Gasteiger partial charge in [0.25, 0.3) is 0 Å². The average molecular weight is 374 g/mol. The number of carbonyl (C=O) groups excluding carboxylic acids is 1. The van der Waals surface area contributed by atoms with Crippen molar-refractivity contribution >= 4 is 17.2 Å². The molecule has 0 radical (unpaired) electrons.